The summed E-state index contributed by atoms with van der Waals surface area (Å²) < 4.78 is 20.1. The van der Waals surface area contributed by atoms with Gasteiger partial charge in [0.05, 0.1) is 0 Å². The Morgan fingerprint density at radius 1 is 0.239 bits per heavy atom. The number of benzene rings is 5. The van der Waals surface area contributed by atoms with Crippen LogP contribution in [0, 0.1) is 0 Å². The van der Waals surface area contributed by atoms with Gasteiger partial charge in [-0.25, -0.2) is 0 Å². The van der Waals surface area contributed by atoms with Crippen LogP contribution in [0.2, 0.25) is 0 Å². The Morgan fingerprint density at radius 2 is 0.442 bits per heavy atom. The summed E-state index contributed by atoms with van der Waals surface area (Å²) in [7, 11) is -2.15. The lowest BCUT2D eigenvalue weighted by Gasteiger charge is -2.30. The zero-order chi connectivity index (χ0) is 83.5. The minimum atomic E-state index is -2.15. The van der Waals surface area contributed by atoms with Crippen molar-refractivity contribution in [3.05, 3.63) is 128 Å². The van der Waals surface area contributed by atoms with Crippen LogP contribution in [-0.2, 0) is 58.2 Å². The Labute approximate surface area is 700 Å². The summed E-state index contributed by atoms with van der Waals surface area (Å²) in [6, 6.07) is 25.8. The summed E-state index contributed by atoms with van der Waals surface area (Å²) in [4.78, 5) is 0. The molecule has 0 aliphatic rings. The fourth-order valence-electron chi connectivity index (χ4n) is 16.5. The Morgan fingerprint density at radius 3 is 0.673 bits per heavy atom. The van der Waals surface area contributed by atoms with Gasteiger partial charge in [0.1, 0.15) is 34.5 Å². The van der Waals surface area contributed by atoms with Crippen LogP contribution in [0.4, 0.5) is 0 Å². The van der Waals surface area contributed by atoms with E-state index < -0.39 is 8.60 Å². The normalized spacial score (nSPS) is 12.5. The predicted octanol–water partition coefficient (Wildman–Crippen LogP) is 35.1. The van der Waals surface area contributed by atoms with Crippen LogP contribution >= 0.6 is 8.60 Å². The fraction of sp³-hybridized carbons (Fsp3) is 0.717. The van der Waals surface area contributed by atoms with E-state index in [1.54, 1.807) is 27.8 Å². The molecule has 113 heavy (non-hydrogen) atoms. The number of phenolic OH excluding ortho intramolecular Hbond substituents is 3. The van der Waals surface area contributed by atoms with Gasteiger partial charge in [-0.3, -0.25) is 0 Å². The highest BCUT2D eigenvalue weighted by Gasteiger charge is 2.34. The Kier molecular flexibility index (Phi) is 47.2. The van der Waals surface area contributed by atoms with Crippen molar-refractivity contribution in [2.24, 2.45) is 0 Å². The molecule has 0 fully saturated rings. The molecule has 0 bridgehead atoms. The average molecular weight is 1580 g/mol. The molecule has 0 saturated carbocycles. The number of rotatable bonds is 55. The second kappa shape index (κ2) is 53.0. The standard InChI is InChI=1S/C64H114.C42H63O6P/c1-5-9-13-17-21-25-29-33-37-41-46-54-60-58-61(55-47-42-38-34-30-26-22-18-14-10-6-2)64(59-52-48-45-49-53-59)63(57-51-44-40-36-32-28-24-20-16-12-8-4)62(60)56-50-43-39-35-31-27-23-19-15-11-7-3;1-37(2,3)28-19-25(20-29(34(28)43)38(4,5)6)46-49(47-26-21-30(39(7,8)9)35(44)31(22-26)40(10,11)12)48-27-23-32(41(13,14)15)36(45)33(24-27)42(16,17)18/h45,48-49,52-53,58H,5-44,46-47,50-51,54-57H2,1-4H3;19-24,43-45H,1-18H3. The van der Waals surface area contributed by atoms with Gasteiger partial charge in [-0.2, -0.15) is 0 Å². The summed E-state index contributed by atoms with van der Waals surface area (Å²) >= 11 is 0. The topological polar surface area (TPSA) is 88.4 Å². The van der Waals surface area contributed by atoms with E-state index in [-0.39, 0.29) is 49.7 Å². The molecule has 0 spiro atoms. The van der Waals surface area contributed by atoms with Crippen LogP contribution in [0.25, 0.3) is 11.1 Å². The smallest absolute Gasteiger partial charge is 0.507 e. The number of phenols is 3. The van der Waals surface area contributed by atoms with E-state index in [4.69, 9.17) is 13.6 Å². The molecule has 5 aromatic carbocycles. The van der Waals surface area contributed by atoms with Gasteiger partial charge >= 0.3 is 8.60 Å². The van der Waals surface area contributed by atoms with Crippen LogP contribution in [0.3, 0.4) is 0 Å². The van der Waals surface area contributed by atoms with E-state index in [2.05, 4.69) is 189 Å². The third-order valence-electron chi connectivity index (χ3n) is 23.6. The number of unbranched alkanes of at least 4 members (excludes halogenated alkanes) is 40. The highest BCUT2D eigenvalue weighted by molar-refractivity contribution is 7.43. The van der Waals surface area contributed by atoms with Crippen LogP contribution in [-0.4, -0.2) is 15.3 Å². The van der Waals surface area contributed by atoms with Crippen molar-refractivity contribution in [1.29, 1.82) is 0 Å². The monoisotopic (exact) mass is 1580 g/mol. The van der Waals surface area contributed by atoms with Gasteiger partial charge < -0.3 is 28.9 Å². The van der Waals surface area contributed by atoms with Gasteiger partial charge in [-0.1, -0.05) is 446 Å². The number of aromatic hydroxyl groups is 3. The lowest BCUT2D eigenvalue weighted by Crippen LogP contribution is -2.18. The van der Waals surface area contributed by atoms with Gasteiger partial charge in [-0.15, -0.1) is 0 Å². The molecule has 3 N–H and O–H groups in total. The molecule has 642 valence electrons. The quantitative estimate of drug-likeness (QED) is 0.0266. The summed E-state index contributed by atoms with van der Waals surface area (Å²) in [6.07, 6.45) is 67.9. The van der Waals surface area contributed by atoms with E-state index in [0.29, 0.717) is 17.2 Å². The maximum Gasteiger partial charge on any atom is 0.530 e. The lowest BCUT2D eigenvalue weighted by molar-refractivity contribution is 0.375. The summed E-state index contributed by atoms with van der Waals surface area (Å²) in [5.74, 6) is 2.29. The van der Waals surface area contributed by atoms with E-state index in [1.165, 1.54) is 314 Å². The molecule has 0 heterocycles. The third kappa shape index (κ3) is 38.7. The van der Waals surface area contributed by atoms with Crippen molar-refractivity contribution in [2.75, 3.05) is 0 Å². The summed E-state index contributed by atoms with van der Waals surface area (Å²) in [5, 5.41) is 34.2. The van der Waals surface area contributed by atoms with Crippen molar-refractivity contribution >= 4 is 8.60 Å². The largest absolute Gasteiger partial charge is 0.530 e. The van der Waals surface area contributed by atoms with E-state index in [0.717, 1.165) is 33.4 Å². The van der Waals surface area contributed by atoms with Crippen molar-refractivity contribution in [2.45, 2.75) is 493 Å². The number of hydrogen-bond acceptors (Lipinski definition) is 6. The molecule has 0 atom stereocenters. The van der Waals surface area contributed by atoms with Crippen molar-refractivity contribution < 1.29 is 28.9 Å². The molecule has 0 aliphatic carbocycles. The first kappa shape index (κ1) is 101. The summed E-state index contributed by atoms with van der Waals surface area (Å²) in [6.45, 7) is 46.4. The molecule has 0 aliphatic heterocycles. The first-order chi connectivity index (χ1) is 53.6. The van der Waals surface area contributed by atoms with Crippen LogP contribution in [0.15, 0.2) is 72.8 Å². The lowest BCUT2D eigenvalue weighted by atomic mass is 9.79. The van der Waals surface area contributed by atoms with Crippen LogP contribution in [0.5, 0.6) is 34.5 Å². The molecule has 0 saturated heterocycles. The molecule has 5 rings (SSSR count). The minimum Gasteiger partial charge on any atom is -0.507 e. The first-order valence-corrected chi connectivity index (χ1v) is 48.4. The molecule has 6 nitrogen and oxygen atoms in total. The SMILES string of the molecule is CC(C)(C)c1cc(OP(Oc2cc(C(C)(C)C)c(O)c(C(C)(C)C)c2)Oc2cc(C(C)(C)C)c(O)c(C(C)(C)C)c2)cc(C(C)(C)C)c1O.CCCCCCCCCCCCCc1cc(CCCCCCCCCCCCC)c(-c2ccccc2)c(CCCCCCCCCCCCC)c1CCCCCCCCCCCCC. The second-order valence-corrected chi connectivity index (χ2v) is 41.6. The number of hydrogen-bond donors (Lipinski definition) is 3. The predicted molar refractivity (Wildman–Crippen MR) is 498 cm³/mol. The van der Waals surface area contributed by atoms with Gasteiger partial charge in [0.25, 0.3) is 0 Å². The molecule has 0 unspecified atom stereocenters. The van der Waals surface area contributed by atoms with Crippen molar-refractivity contribution in [3.8, 4) is 45.6 Å². The molecule has 0 radical (unpaired) electrons. The first-order valence-electron chi connectivity index (χ1n) is 47.3. The molecular weight excluding hydrogens is 1400 g/mol. The molecule has 0 aromatic heterocycles. The zero-order valence-electron chi connectivity index (χ0n) is 77.9. The maximum absolute atomic E-state index is 11.4. The van der Waals surface area contributed by atoms with E-state index >= 15 is 0 Å². The van der Waals surface area contributed by atoms with Gasteiger partial charge in [0, 0.05) is 33.4 Å². The molecule has 0 amide bonds. The Bertz CT molecular complexity index is 3050. The second-order valence-electron chi connectivity index (χ2n) is 40.6. The highest BCUT2D eigenvalue weighted by atomic mass is 31.2. The Balaban J connectivity index is 0.000000493. The van der Waals surface area contributed by atoms with Crippen LogP contribution in [0.1, 0.15) is 490 Å². The number of aryl methyl sites for hydroxylation is 2. The van der Waals surface area contributed by atoms with Crippen molar-refractivity contribution in [3.63, 3.8) is 0 Å². The molecular formula is C106H177O6P. The van der Waals surface area contributed by atoms with Gasteiger partial charge in [-0.05, 0) is 154 Å². The molecule has 5 aromatic rings. The highest BCUT2D eigenvalue weighted by Crippen LogP contribution is 2.52. The van der Waals surface area contributed by atoms with Crippen LogP contribution < -0.4 is 13.6 Å². The molecule has 7 heteroatoms. The zero-order valence-corrected chi connectivity index (χ0v) is 78.8. The van der Waals surface area contributed by atoms with Gasteiger partial charge in [0.2, 0.25) is 0 Å². The van der Waals surface area contributed by atoms with Crippen molar-refractivity contribution in [1.82, 2.24) is 0 Å². The minimum absolute atomic E-state index is 0.254. The third-order valence-corrected chi connectivity index (χ3v) is 24.7. The fourth-order valence-corrected chi connectivity index (χ4v) is 17.4. The van der Waals surface area contributed by atoms with Gasteiger partial charge in [0.15, 0.2) is 0 Å². The van der Waals surface area contributed by atoms with E-state index in [9.17, 15) is 15.3 Å². The van der Waals surface area contributed by atoms with E-state index in [1.807, 2.05) is 36.4 Å². The Hall–Kier alpha value is -4.67. The average Bonchev–Trinajstić information content (AvgIpc) is 0.789. The summed E-state index contributed by atoms with van der Waals surface area (Å²) in [5.41, 5.74) is 12.6. The maximum atomic E-state index is 11.4.